The van der Waals surface area contributed by atoms with Crippen molar-refractivity contribution in [2.24, 2.45) is 0 Å². The lowest BCUT2D eigenvalue weighted by atomic mass is 10.0. The number of carbonyl (C=O) groups excluding carboxylic acids is 1. The second-order valence-electron chi connectivity index (χ2n) is 3.00. The van der Waals surface area contributed by atoms with Crippen molar-refractivity contribution < 1.29 is 14.3 Å². The van der Waals surface area contributed by atoms with Crippen molar-refractivity contribution in [2.45, 2.75) is 33.3 Å². The highest BCUT2D eigenvalue weighted by molar-refractivity contribution is 5.87. The molecule has 0 saturated heterocycles. The van der Waals surface area contributed by atoms with Gasteiger partial charge in [0.2, 0.25) is 0 Å². The maximum atomic E-state index is 11.4. The van der Waals surface area contributed by atoms with Gasteiger partial charge in [0.25, 0.3) is 0 Å². The van der Waals surface area contributed by atoms with Crippen LogP contribution in [0, 0.1) is 0 Å². The first kappa shape index (κ1) is 11.6. The van der Waals surface area contributed by atoms with Gasteiger partial charge in [0.1, 0.15) is 12.2 Å². The van der Waals surface area contributed by atoms with Crippen LogP contribution >= 0.6 is 0 Å². The van der Waals surface area contributed by atoms with E-state index in [1.165, 1.54) is 0 Å². The van der Waals surface area contributed by atoms with Crippen LogP contribution in [0.2, 0.25) is 0 Å². The zero-order chi connectivity index (χ0) is 9.61. The Morgan fingerprint density at radius 3 is 2.25 bits per heavy atom. The highest BCUT2D eigenvalue weighted by atomic mass is 16.5. The molecule has 0 radical (unpaired) electrons. The summed E-state index contributed by atoms with van der Waals surface area (Å²) in [5, 5.41) is 0. The monoisotopic (exact) mass is 174 g/mol. The molecule has 0 rings (SSSR count). The second-order valence-corrected chi connectivity index (χ2v) is 3.00. The van der Waals surface area contributed by atoms with Crippen LogP contribution in [-0.2, 0) is 14.3 Å². The van der Waals surface area contributed by atoms with Gasteiger partial charge in [-0.15, -0.1) is 0 Å². The van der Waals surface area contributed by atoms with Crippen LogP contribution in [0.4, 0.5) is 0 Å². The normalized spacial score (nSPS) is 11.7. The Bertz CT molecular complexity index is 141. The first-order chi connectivity index (χ1) is 5.54. The Morgan fingerprint density at radius 1 is 1.25 bits per heavy atom. The summed E-state index contributed by atoms with van der Waals surface area (Å²) in [5.74, 6) is -0.00815. The quantitative estimate of drug-likeness (QED) is 0.610. The molecular weight excluding hydrogens is 156 g/mol. The Hall–Kier alpha value is -0.410. The molecule has 12 heavy (non-hydrogen) atoms. The molecule has 0 bridgehead atoms. The van der Waals surface area contributed by atoms with Crippen LogP contribution < -0.4 is 0 Å². The number of hydrogen-bond donors (Lipinski definition) is 0. The molecule has 0 aromatic carbocycles. The number of Topliss-reactive ketones (excluding diaryl/α,β-unsaturated/α-hetero) is 1. The highest BCUT2D eigenvalue weighted by Crippen LogP contribution is 2.10. The maximum absolute atomic E-state index is 11.4. The van der Waals surface area contributed by atoms with Gasteiger partial charge in [0.05, 0.1) is 0 Å². The first-order valence-corrected chi connectivity index (χ1v) is 4.29. The van der Waals surface area contributed by atoms with Gasteiger partial charge in [0.15, 0.2) is 5.78 Å². The predicted octanol–water partition coefficient (Wildman–Crippen LogP) is 1.41. The number of ether oxygens (including phenoxy) is 2. The van der Waals surface area contributed by atoms with E-state index in [-0.39, 0.29) is 12.4 Å². The van der Waals surface area contributed by atoms with Crippen LogP contribution in [0.3, 0.4) is 0 Å². The van der Waals surface area contributed by atoms with Gasteiger partial charge >= 0.3 is 0 Å². The molecular formula is C9H18O3. The molecule has 72 valence electrons. The van der Waals surface area contributed by atoms with E-state index in [2.05, 4.69) is 0 Å². The molecule has 0 N–H and O–H groups in total. The molecule has 0 aromatic rings. The molecule has 0 heterocycles. The molecule has 0 aliphatic carbocycles. The molecule has 0 aliphatic heterocycles. The molecule has 0 spiro atoms. The second kappa shape index (κ2) is 5.27. The summed E-state index contributed by atoms with van der Waals surface area (Å²) in [4.78, 5) is 11.4. The van der Waals surface area contributed by atoms with Crippen molar-refractivity contribution in [2.75, 3.05) is 19.8 Å². The zero-order valence-corrected chi connectivity index (χ0v) is 8.35. The van der Waals surface area contributed by atoms with Crippen molar-refractivity contribution in [3.05, 3.63) is 0 Å². The summed E-state index contributed by atoms with van der Waals surface area (Å²) >= 11 is 0. The van der Waals surface area contributed by atoms with E-state index in [1.807, 2.05) is 13.8 Å². The Kier molecular flexibility index (Phi) is 5.09. The topological polar surface area (TPSA) is 35.5 Å². The van der Waals surface area contributed by atoms with E-state index in [0.717, 1.165) is 0 Å². The third-order valence-electron chi connectivity index (χ3n) is 1.61. The van der Waals surface area contributed by atoms with E-state index in [0.29, 0.717) is 13.2 Å². The van der Waals surface area contributed by atoms with Crippen molar-refractivity contribution >= 4 is 5.78 Å². The van der Waals surface area contributed by atoms with Crippen LogP contribution in [0.15, 0.2) is 0 Å². The summed E-state index contributed by atoms with van der Waals surface area (Å²) in [5.41, 5.74) is -0.704. The summed E-state index contributed by atoms with van der Waals surface area (Å²) in [7, 11) is 0. The lowest BCUT2D eigenvalue weighted by Crippen LogP contribution is -2.37. The lowest BCUT2D eigenvalue weighted by Gasteiger charge is -2.22. The molecule has 0 aromatic heterocycles. The van der Waals surface area contributed by atoms with Gasteiger partial charge in [-0.1, -0.05) is 0 Å². The van der Waals surface area contributed by atoms with Gasteiger partial charge in [-0.2, -0.15) is 0 Å². The number of carbonyl (C=O) groups is 1. The third-order valence-corrected chi connectivity index (χ3v) is 1.61. The average Bonchev–Trinajstić information content (AvgIpc) is 2.00. The van der Waals surface area contributed by atoms with Gasteiger partial charge in [-0.25, -0.2) is 0 Å². The standard InChI is InChI=1S/C9H18O3/c1-5-11-7-8(10)9(3,4)12-6-2/h5-7H2,1-4H3. The molecule has 3 heteroatoms. The molecule has 0 fully saturated rings. The van der Waals surface area contributed by atoms with Crippen molar-refractivity contribution in [1.82, 2.24) is 0 Å². The highest BCUT2D eigenvalue weighted by Gasteiger charge is 2.27. The molecule has 0 unspecified atom stereocenters. The summed E-state index contributed by atoms with van der Waals surface area (Å²) in [6.07, 6.45) is 0. The molecule has 0 amide bonds. The first-order valence-electron chi connectivity index (χ1n) is 4.29. The summed E-state index contributed by atoms with van der Waals surface area (Å²) < 4.78 is 10.3. The van der Waals surface area contributed by atoms with E-state index in [9.17, 15) is 4.79 Å². The summed E-state index contributed by atoms with van der Waals surface area (Å²) in [6, 6.07) is 0. The molecule has 0 atom stereocenters. The van der Waals surface area contributed by atoms with Crippen molar-refractivity contribution in [3.63, 3.8) is 0 Å². The molecule has 0 saturated carbocycles. The predicted molar refractivity (Wildman–Crippen MR) is 47.2 cm³/mol. The van der Waals surface area contributed by atoms with Gasteiger partial charge in [0, 0.05) is 13.2 Å². The SMILES string of the molecule is CCOCC(=O)C(C)(C)OCC. The Balaban J connectivity index is 3.88. The molecule has 3 nitrogen and oxygen atoms in total. The van der Waals surface area contributed by atoms with E-state index in [1.54, 1.807) is 13.8 Å². The van der Waals surface area contributed by atoms with Gasteiger partial charge < -0.3 is 9.47 Å². The third kappa shape index (κ3) is 3.83. The fraction of sp³-hybridized carbons (Fsp3) is 0.889. The largest absolute Gasteiger partial charge is 0.374 e. The minimum absolute atomic E-state index is 0.00815. The Morgan fingerprint density at radius 2 is 1.83 bits per heavy atom. The number of ketones is 1. The molecule has 0 aliphatic rings. The average molecular weight is 174 g/mol. The minimum atomic E-state index is -0.704. The van der Waals surface area contributed by atoms with Gasteiger partial charge in [-0.3, -0.25) is 4.79 Å². The smallest absolute Gasteiger partial charge is 0.189 e. The van der Waals surface area contributed by atoms with Crippen LogP contribution in [0.5, 0.6) is 0 Å². The van der Waals surface area contributed by atoms with Crippen molar-refractivity contribution in [1.29, 1.82) is 0 Å². The van der Waals surface area contributed by atoms with Crippen LogP contribution in [0.1, 0.15) is 27.7 Å². The Labute approximate surface area is 74.0 Å². The van der Waals surface area contributed by atoms with Crippen LogP contribution in [0.25, 0.3) is 0 Å². The maximum Gasteiger partial charge on any atom is 0.189 e. The zero-order valence-electron chi connectivity index (χ0n) is 8.35. The fourth-order valence-corrected chi connectivity index (χ4v) is 0.810. The van der Waals surface area contributed by atoms with E-state index >= 15 is 0 Å². The van der Waals surface area contributed by atoms with Crippen molar-refractivity contribution in [3.8, 4) is 0 Å². The number of hydrogen-bond acceptors (Lipinski definition) is 3. The number of rotatable bonds is 6. The van der Waals surface area contributed by atoms with Crippen LogP contribution in [-0.4, -0.2) is 31.2 Å². The fourth-order valence-electron chi connectivity index (χ4n) is 0.810. The summed E-state index contributed by atoms with van der Waals surface area (Å²) in [6.45, 7) is 8.51. The van der Waals surface area contributed by atoms with Gasteiger partial charge in [-0.05, 0) is 27.7 Å². The van der Waals surface area contributed by atoms with E-state index in [4.69, 9.17) is 9.47 Å². The van der Waals surface area contributed by atoms with E-state index < -0.39 is 5.60 Å². The minimum Gasteiger partial charge on any atom is -0.374 e. The lowest BCUT2D eigenvalue weighted by molar-refractivity contribution is -0.144.